The number of rotatable bonds is 6. The number of nitrogens with zero attached hydrogens (tertiary/aromatic N) is 4. The van der Waals surface area contributed by atoms with Crippen molar-refractivity contribution in [2.24, 2.45) is 0 Å². The summed E-state index contributed by atoms with van der Waals surface area (Å²) in [7, 11) is 11.1. The number of nitriles is 1. The number of hydrogen-bond acceptors (Lipinski definition) is 5. The lowest BCUT2D eigenvalue weighted by Gasteiger charge is -2.21. The van der Waals surface area contributed by atoms with Crippen molar-refractivity contribution in [1.29, 1.82) is 5.26 Å². The van der Waals surface area contributed by atoms with Gasteiger partial charge in [0.05, 0.1) is 11.6 Å². The van der Waals surface area contributed by atoms with Gasteiger partial charge in [-0.2, -0.15) is 5.26 Å². The molecule has 0 unspecified atom stereocenters. The molecule has 0 fully saturated rings. The molecule has 56 heavy (non-hydrogen) atoms. The van der Waals surface area contributed by atoms with Gasteiger partial charge in [0.1, 0.15) is 50.4 Å². The third kappa shape index (κ3) is 6.12. The van der Waals surface area contributed by atoms with E-state index in [0.717, 1.165) is 60.9 Å². The quantitative estimate of drug-likeness (QED) is 0.248. The minimum atomic E-state index is 0.549. The summed E-state index contributed by atoms with van der Waals surface area (Å²) in [4.78, 5) is 15.2. The van der Waals surface area contributed by atoms with Crippen LogP contribution in [0.4, 0.5) is 0 Å². The molecule has 258 valence electrons. The lowest BCUT2D eigenvalue weighted by atomic mass is 9.59. The largest absolute Gasteiger partial charge is 0.456 e. The second-order valence-electron chi connectivity index (χ2n) is 14.5. The first-order valence-electron chi connectivity index (χ1n) is 18.8. The first kappa shape index (κ1) is 34.9. The Labute approximate surface area is 330 Å². The Bertz CT molecular complexity index is 3020. The molecule has 0 radical (unpaired) electrons. The Morgan fingerprint density at radius 3 is 1.64 bits per heavy atom. The first-order valence-corrected chi connectivity index (χ1v) is 18.8. The van der Waals surface area contributed by atoms with E-state index in [4.69, 9.17) is 19.4 Å². The van der Waals surface area contributed by atoms with Gasteiger partial charge in [-0.1, -0.05) is 114 Å². The zero-order valence-electron chi connectivity index (χ0n) is 32.0. The van der Waals surface area contributed by atoms with Gasteiger partial charge < -0.3 is 4.42 Å². The highest BCUT2D eigenvalue weighted by Crippen LogP contribution is 2.37. The van der Waals surface area contributed by atoms with Crippen LogP contribution in [0.15, 0.2) is 144 Å². The molecule has 2 heterocycles. The topological polar surface area (TPSA) is 75.6 Å². The van der Waals surface area contributed by atoms with Gasteiger partial charge in [0.25, 0.3) is 0 Å². The summed E-state index contributed by atoms with van der Waals surface area (Å²) < 4.78 is 6.62. The lowest BCUT2D eigenvalue weighted by Crippen LogP contribution is -2.55. The molecule has 9 aromatic rings. The smallest absolute Gasteiger partial charge is 0.164 e. The van der Waals surface area contributed by atoms with Gasteiger partial charge in [-0.05, 0) is 69.8 Å². The van der Waals surface area contributed by atoms with E-state index in [1.165, 1.54) is 38.4 Å². The monoisotopic (exact) mass is 712 g/mol. The number of hydrogen-bond donors (Lipinski definition) is 0. The van der Waals surface area contributed by atoms with E-state index in [-0.39, 0.29) is 0 Å². The summed E-state index contributed by atoms with van der Waals surface area (Å²) in [6.07, 6.45) is 0. The van der Waals surface area contributed by atoms with Crippen molar-refractivity contribution in [3.63, 3.8) is 0 Å². The molecule has 0 aliphatic rings. The SMILES string of the molecule is Bc1c(B)c(B)c(-c2cccc3oc4cc(-c5nc(-c6ccc(-c7ccccc7)cc6)nc(-c6cccc(-c7cccc(C#N)c7)c6)n5)ccc4c23)c(B)c1B. The minimum absolute atomic E-state index is 0.549. The standard InChI is InChI=1S/C46H33B5N4O/c47-39-38(40(48)42(50)43(51)41(39)49)34-13-6-14-35-37(34)33-20-19-32(23-36(33)56-35)46-54-44(28-17-15-27(16-18-28)26-8-2-1-3-9-26)53-45(55-46)31-12-5-11-30(22-31)29-10-4-7-25(21-29)24-52/h1-23H,47-51H2. The van der Waals surface area contributed by atoms with Crippen LogP contribution in [0.5, 0.6) is 0 Å². The van der Waals surface area contributed by atoms with Gasteiger partial charge in [0, 0.05) is 27.5 Å². The Balaban J connectivity index is 1.20. The molecule has 7 aromatic carbocycles. The summed E-state index contributed by atoms with van der Waals surface area (Å²) in [5, 5.41) is 11.7. The maximum Gasteiger partial charge on any atom is 0.164 e. The molecule has 0 N–H and O–H groups in total. The highest BCUT2D eigenvalue weighted by Gasteiger charge is 2.20. The maximum atomic E-state index is 9.54. The van der Waals surface area contributed by atoms with Gasteiger partial charge in [0.2, 0.25) is 0 Å². The van der Waals surface area contributed by atoms with E-state index >= 15 is 0 Å². The Hall–Kier alpha value is -6.84. The molecule has 10 heteroatoms. The van der Waals surface area contributed by atoms with Crippen LogP contribution in [0.3, 0.4) is 0 Å². The van der Waals surface area contributed by atoms with Crippen molar-refractivity contribution >= 4 is 88.5 Å². The number of fused-ring (bicyclic) bond motifs is 3. The molecular weight excluding hydrogens is 679 g/mol. The molecule has 0 aliphatic heterocycles. The predicted molar refractivity (Wildman–Crippen MR) is 245 cm³/mol. The molecule has 0 spiro atoms. The van der Waals surface area contributed by atoms with Gasteiger partial charge in [-0.25, -0.2) is 15.0 Å². The van der Waals surface area contributed by atoms with E-state index in [9.17, 15) is 5.26 Å². The second-order valence-corrected chi connectivity index (χ2v) is 14.5. The second kappa shape index (κ2) is 14.1. The number of furan rings is 1. The molecule has 0 aliphatic carbocycles. The molecule has 0 saturated heterocycles. The van der Waals surface area contributed by atoms with Crippen LogP contribution in [-0.4, -0.2) is 54.2 Å². The van der Waals surface area contributed by atoms with Crippen LogP contribution in [0.25, 0.3) is 89.5 Å². The fraction of sp³-hybridized carbons (Fsp3) is 0. The van der Waals surface area contributed by atoms with Crippen molar-refractivity contribution in [1.82, 2.24) is 15.0 Å². The lowest BCUT2D eigenvalue weighted by molar-refractivity contribution is 0.669. The van der Waals surface area contributed by atoms with Crippen LogP contribution in [0.2, 0.25) is 0 Å². The van der Waals surface area contributed by atoms with Gasteiger partial charge >= 0.3 is 0 Å². The Morgan fingerprint density at radius 1 is 0.429 bits per heavy atom. The van der Waals surface area contributed by atoms with E-state index in [1.54, 1.807) is 0 Å². The summed E-state index contributed by atoms with van der Waals surface area (Å²) in [6.45, 7) is 0. The highest BCUT2D eigenvalue weighted by molar-refractivity contribution is 6.69. The molecule has 9 rings (SSSR count). The predicted octanol–water partition coefficient (Wildman–Crippen LogP) is 2.94. The van der Waals surface area contributed by atoms with Crippen molar-refractivity contribution in [3.05, 3.63) is 145 Å². The molecule has 0 atom stereocenters. The average molecular weight is 712 g/mol. The zero-order chi connectivity index (χ0) is 38.5. The van der Waals surface area contributed by atoms with Crippen molar-refractivity contribution in [3.8, 4) is 73.6 Å². The Kier molecular flexibility index (Phi) is 8.79. The van der Waals surface area contributed by atoms with E-state index in [2.05, 4.69) is 124 Å². The molecule has 5 nitrogen and oxygen atoms in total. The van der Waals surface area contributed by atoms with Gasteiger partial charge in [-0.15, -0.1) is 16.4 Å². The summed E-state index contributed by atoms with van der Waals surface area (Å²) in [5.41, 5.74) is 18.0. The van der Waals surface area contributed by atoms with E-state index in [1.807, 2.05) is 60.7 Å². The zero-order valence-corrected chi connectivity index (χ0v) is 32.0. The minimum Gasteiger partial charge on any atom is -0.456 e. The van der Waals surface area contributed by atoms with Crippen molar-refractivity contribution in [2.75, 3.05) is 0 Å². The molecule has 0 amide bonds. The first-order chi connectivity index (χ1) is 27.3. The molecule has 2 aromatic heterocycles. The molecule has 0 bridgehead atoms. The van der Waals surface area contributed by atoms with Crippen molar-refractivity contribution in [2.45, 2.75) is 0 Å². The third-order valence-electron chi connectivity index (χ3n) is 11.4. The average Bonchev–Trinajstić information content (AvgIpc) is 3.64. The fourth-order valence-electron chi connectivity index (χ4n) is 7.89. The van der Waals surface area contributed by atoms with Crippen LogP contribution < -0.4 is 27.3 Å². The van der Waals surface area contributed by atoms with Crippen LogP contribution in [0.1, 0.15) is 5.56 Å². The molecule has 0 saturated carbocycles. The van der Waals surface area contributed by atoms with E-state index < -0.39 is 0 Å². The van der Waals surface area contributed by atoms with Gasteiger partial charge in [0.15, 0.2) is 17.5 Å². The summed E-state index contributed by atoms with van der Waals surface area (Å²) in [5.74, 6) is 1.68. The summed E-state index contributed by atoms with van der Waals surface area (Å²) in [6, 6.07) is 49.3. The summed E-state index contributed by atoms with van der Waals surface area (Å²) >= 11 is 0. The van der Waals surface area contributed by atoms with E-state index in [0.29, 0.717) is 23.0 Å². The van der Waals surface area contributed by atoms with Gasteiger partial charge in [-0.3, -0.25) is 0 Å². The fourth-order valence-corrected chi connectivity index (χ4v) is 7.89. The number of aromatic nitrogens is 3. The normalized spacial score (nSPS) is 11.2. The van der Waals surface area contributed by atoms with Crippen molar-refractivity contribution < 1.29 is 4.42 Å². The van der Waals surface area contributed by atoms with Crippen LogP contribution in [0, 0.1) is 11.3 Å². The molecular formula is C46H33B5N4O. The van der Waals surface area contributed by atoms with Crippen LogP contribution in [-0.2, 0) is 0 Å². The maximum absolute atomic E-state index is 9.54. The van der Waals surface area contributed by atoms with Crippen LogP contribution >= 0.6 is 0 Å². The highest BCUT2D eigenvalue weighted by atomic mass is 16.3. The third-order valence-corrected chi connectivity index (χ3v) is 11.4. The Morgan fingerprint density at radius 2 is 0.946 bits per heavy atom. The number of benzene rings is 7.